The molecule has 5 aliphatic carbocycles. The molecule has 180 valence electrons. The summed E-state index contributed by atoms with van der Waals surface area (Å²) in [7, 11) is 0. The van der Waals surface area contributed by atoms with Crippen molar-refractivity contribution < 1.29 is 9.90 Å². The van der Waals surface area contributed by atoms with Crippen molar-refractivity contribution in [1.82, 2.24) is 0 Å². The van der Waals surface area contributed by atoms with Crippen LogP contribution in [0.2, 0.25) is 0 Å². The molecular weight excluding hydrogens is 394 g/mol. The van der Waals surface area contributed by atoms with E-state index in [0.717, 1.165) is 38.5 Å². The molecule has 0 amide bonds. The maximum atomic E-state index is 14.2. The van der Waals surface area contributed by atoms with Crippen LogP contribution in [0.5, 0.6) is 0 Å². The Labute approximate surface area is 196 Å². The fourth-order valence-corrected chi connectivity index (χ4v) is 10.2. The lowest BCUT2D eigenvalue weighted by Gasteiger charge is -2.70. The van der Waals surface area contributed by atoms with Gasteiger partial charge in [0.1, 0.15) is 0 Å². The lowest BCUT2D eigenvalue weighted by Crippen LogP contribution is -2.66. The van der Waals surface area contributed by atoms with Crippen molar-refractivity contribution in [2.24, 2.45) is 50.6 Å². The topological polar surface area (TPSA) is 63.3 Å². The van der Waals surface area contributed by atoms with Crippen LogP contribution in [-0.2, 0) is 4.79 Å². The summed E-state index contributed by atoms with van der Waals surface area (Å²) in [5.74, 6) is 1.27. The van der Waals surface area contributed by atoms with Crippen molar-refractivity contribution in [1.29, 1.82) is 0 Å². The first kappa shape index (κ1) is 23.1. The molecule has 9 atom stereocenters. The second-order valence-electron chi connectivity index (χ2n) is 14.7. The number of aliphatic hydroxyl groups is 1. The van der Waals surface area contributed by atoms with Crippen molar-refractivity contribution >= 4 is 5.78 Å². The number of carbonyl (C=O) groups excluding carboxylic acids is 1. The maximum Gasteiger partial charge on any atom is 0.159 e. The minimum atomic E-state index is -0.259. The third-order valence-electron chi connectivity index (χ3n) is 12.6. The Morgan fingerprint density at radius 3 is 2.25 bits per heavy atom. The standard InChI is InChI=1S/C29H47NO2/c1-24(2)21-8-11-29(7)23(27(21,5)10-9-22(24)32)20(31)16-18-19-17-26(4,30)14-12-25(19,3)13-15-28(18,29)6/h16,19,21-23,32H,8-15,17,30H2,1-7H3/t19-,21-,22-,23+,25+,26-,27-,28+,29+/m0/s1. The minimum Gasteiger partial charge on any atom is -0.393 e. The second kappa shape index (κ2) is 6.51. The van der Waals surface area contributed by atoms with Crippen LogP contribution < -0.4 is 5.73 Å². The molecule has 0 aromatic rings. The molecule has 0 aromatic heterocycles. The van der Waals surface area contributed by atoms with Crippen LogP contribution in [0.3, 0.4) is 0 Å². The highest BCUT2D eigenvalue weighted by molar-refractivity contribution is 5.95. The van der Waals surface area contributed by atoms with Gasteiger partial charge in [-0.2, -0.15) is 0 Å². The first-order chi connectivity index (χ1) is 14.6. The molecule has 5 rings (SSSR count). The Morgan fingerprint density at radius 2 is 1.56 bits per heavy atom. The number of ketones is 1. The number of allylic oxidation sites excluding steroid dienone is 2. The molecule has 0 aromatic carbocycles. The van der Waals surface area contributed by atoms with Crippen LogP contribution in [0.1, 0.15) is 106 Å². The van der Waals surface area contributed by atoms with Gasteiger partial charge >= 0.3 is 0 Å². The summed E-state index contributed by atoms with van der Waals surface area (Å²) in [5, 5.41) is 10.9. The number of hydrogen-bond donors (Lipinski definition) is 2. The number of fused-ring (bicyclic) bond motifs is 7. The van der Waals surface area contributed by atoms with Crippen molar-refractivity contribution in [3.8, 4) is 0 Å². The van der Waals surface area contributed by atoms with Crippen molar-refractivity contribution in [3.63, 3.8) is 0 Å². The van der Waals surface area contributed by atoms with Gasteiger partial charge in [-0.3, -0.25) is 4.79 Å². The highest BCUT2D eigenvalue weighted by atomic mass is 16.3. The lowest BCUT2D eigenvalue weighted by molar-refractivity contribution is -0.201. The van der Waals surface area contributed by atoms with E-state index in [-0.39, 0.29) is 44.6 Å². The van der Waals surface area contributed by atoms with Crippen LogP contribution in [0.15, 0.2) is 11.6 Å². The molecule has 0 saturated heterocycles. The summed E-state index contributed by atoms with van der Waals surface area (Å²) in [5.41, 5.74) is 8.22. The second-order valence-corrected chi connectivity index (χ2v) is 14.7. The molecule has 32 heavy (non-hydrogen) atoms. The molecular formula is C29H47NO2. The maximum absolute atomic E-state index is 14.2. The van der Waals surface area contributed by atoms with Gasteiger partial charge in [0.25, 0.3) is 0 Å². The van der Waals surface area contributed by atoms with Gasteiger partial charge in [-0.25, -0.2) is 0 Å². The summed E-state index contributed by atoms with van der Waals surface area (Å²) in [4.78, 5) is 14.2. The zero-order valence-electron chi connectivity index (χ0n) is 21.7. The zero-order chi connectivity index (χ0) is 23.5. The Balaban J connectivity index is 1.63. The first-order valence-electron chi connectivity index (χ1n) is 13.3. The van der Waals surface area contributed by atoms with E-state index in [1.807, 2.05) is 0 Å². The molecule has 0 spiro atoms. The molecule has 0 radical (unpaired) electrons. The molecule has 0 aliphatic heterocycles. The van der Waals surface area contributed by atoms with Gasteiger partial charge in [0.2, 0.25) is 0 Å². The van der Waals surface area contributed by atoms with Crippen molar-refractivity contribution in [3.05, 3.63) is 11.6 Å². The zero-order valence-corrected chi connectivity index (χ0v) is 21.7. The Hall–Kier alpha value is -0.670. The highest BCUT2D eigenvalue weighted by Gasteiger charge is 2.69. The smallest absolute Gasteiger partial charge is 0.159 e. The van der Waals surface area contributed by atoms with E-state index >= 15 is 0 Å². The van der Waals surface area contributed by atoms with Crippen LogP contribution in [0.4, 0.5) is 0 Å². The van der Waals surface area contributed by atoms with Gasteiger partial charge in [-0.05, 0) is 110 Å². The average Bonchev–Trinajstić information content (AvgIpc) is 2.68. The molecule has 4 saturated carbocycles. The summed E-state index contributed by atoms with van der Waals surface area (Å²) < 4.78 is 0. The van der Waals surface area contributed by atoms with Gasteiger partial charge in [-0.1, -0.05) is 47.1 Å². The lowest BCUT2D eigenvalue weighted by atomic mass is 9.33. The summed E-state index contributed by atoms with van der Waals surface area (Å²) in [6.45, 7) is 16.6. The van der Waals surface area contributed by atoms with Gasteiger partial charge in [0, 0.05) is 11.5 Å². The molecule has 5 aliphatic rings. The Morgan fingerprint density at radius 1 is 0.906 bits per heavy atom. The first-order valence-corrected chi connectivity index (χ1v) is 13.3. The average molecular weight is 442 g/mol. The van der Waals surface area contributed by atoms with E-state index in [4.69, 9.17) is 5.73 Å². The molecule has 0 heterocycles. The Bertz CT molecular complexity index is 872. The summed E-state index contributed by atoms with van der Waals surface area (Å²) >= 11 is 0. The molecule has 3 N–H and O–H groups in total. The van der Waals surface area contributed by atoms with E-state index in [1.165, 1.54) is 24.8 Å². The van der Waals surface area contributed by atoms with Gasteiger partial charge < -0.3 is 10.8 Å². The van der Waals surface area contributed by atoms with E-state index in [0.29, 0.717) is 17.6 Å². The van der Waals surface area contributed by atoms with Crippen molar-refractivity contribution in [2.45, 2.75) is 118 Å². The normalized spacial score (nSPS) is 56.9. The van der Waals surface area contributed by atoms with E-state index in [2.05, 4.69) is 54.5 Å². The van der Waals surface area contributed by atoms with Gasteiger partial charge in [0.15, 0.2) is 5.78 Å². The van der Waals surface area contributed by atoms with Crippen LogP contribution >= 0.6 is 0 Å². The highest BCUT2D eigenvalue weighted by Crippen LogP contribution is 2.74. The SMILES string of the molecule is CC1(C)[C@@H](O)CC[C@]2(C)[C@H]3C(=O)C=C4[C@@H]5C[C@@](C)(N)CC[C@]5(C)CC[C@@]4(C)[C@]3(C)CC[C@@H]12. The fourth-order valence-electron chi connectivity index (χ4n) is 10.2. The molecule has 0 bridgehead atoms. The number of nitrogens with two attached hydrogens (primary N) is 1. The minimum absolute atomic E-state index is 0.0123. The largest absolute Gasteiger partial charge is 0.393 e. The third kappa shape index (κ3) is 2.70. The summed E-state index contributed by atoms with van der Waals surface area (Å²) in [6, 6.07) is 0. The van der Waals surface area contributed by atoms with Crippen LogP contribution in [0.25, 0.3) is 0 Å². The number of hydrogen-bond acceptors (Lipinski definition) is 3. The van der Waals surface area contributed by atoms with Crippen LogP contribution in [0, 0.1) is 44.8 Å². The van der Waals surface area contributed by atoms with Gasteiger partial charge in [-0.15, -0.1) is 0 Å². The quantitative estimate of drug-likeness (QED) is 0.482. The predicted octanol–water partition coefficient (Wildman–Crippen LogP) is 6.04. The third-order valence-corrected chi connectivity index (χ3v) is 12.6. The summed E-state index contributed by atoms with van der Waals surface area (Å²) in [6.07, 6.45) is 11.6. The number of aliphatic hydroxyl groups excluding tert-OH is 1. The molecule has 3 nitrogen and oxygen atoms in total. The molecule has 4 fully saturated rings. The fraction of sp³-hybridized carbons (Fsp3) is 0.897. The predicted molar refractivity (Wildman–Crippen MR) is 130 cm³/mol. The van der Waals surface area contributed by atoms with Crippen LogP contribution in [-0.4, -0.2) is 22.5 Å². The van der Waals surface area contributed by atoms with E-state index in [1.54, 1.807) is 0 Å². The molecule has 0 unspecified atom stereocenters. The Kier molecular flexibility index (Phi) is 4.69. The van der Waals surface area contributed by atoms with E-state index in [9.17, 15) is 9.90 Å². The van der Waals surface area contributed by atoms with Crippen molar-refractivity contribution in [2.75, 3.05) is 0 Å². The van der Waals surface area contributed by atoms with E-state index < -0.39 is 0 Å². The number of carbonyl (C=O) groups is 1. The van der Waals surface area contributed by atoms with Gasteiger partial charge in [0.05, 0.1) is 6.10 Å². The number of rotatable bonds is 0. The monoisotopic (exact) mass is 441 g/mol. The molecule has 3 heteroatoms.